The number of benzene rings is 2. The van der Waals surface area contributed by atoms with Crippen molar-refractivity contribution in [1.82, 2.24) is 0 Å². The molecule has 2 aromatic carbocycles. The maximum absolute atomic E-state index is 2.40. The molecule has 2 aromatic rings. The molecule has 0 saturated heterocycles. The van der Waals surface area contributed by atoms with Crippen molar-refractivity contribution in [1.29, 1.82) is 0 Å². The van der Waals surface area contributed by atoms with Crippen LogP contribution in [0.2, 0.25) is 0 Å². The lowest BCUT2D eigenvalue weighted by molar-refractivity contribution is 0.929. The number of hydrogen-bond donors (Lipinski definition) is 0. The molecule has 0 radical (unpaired) electrons. The monoisotopic (exact) mass is 336 g/mol. The van der Waals surface area contributed by atoms with Crippen molar-refractivity contribution in [3.05, 3.63) is 68.8 Å². The largest absolute Gasteiger partial charge is 0.0613 e. The zero-order valence-corrected chi connectivity index (χ0v) is 17.3. The van der Waals surface area contributed by atoms with Crippen molar-refractivity contribution >= 4 is 0 Å². The van der Waals surface area contributed by atoms with Crippen molar-refractivity contribution < 1.29 is 0 Å². The Morgan fingerprint density at radius 3 is 0.960 bits per heavy atom. The van der Waals surface area contributed by atoms with Crippen LogP contribution in [0.15, 0.2) is 24.3 Å². The summed E-state index contributed by atoms with van der Waals surface area (Å²) < 4.78 is 0. The van der Waals surface area contributed by atoms with Crippen LogP contribution in [0, 0.1) is 0 Å². The van der Waals surface area contributed by atoms with E-state index in [1.54, 1.807) is 22.3 Å². The lowest BCUT2D eigenvalue weighted by Gasteiger charge is -2.20. The quantitative estimate of drug-likeness (QED) is 0.506. The Morgan fingerprint density at radius 1 is 0.400 bits per heavy atom. The molecule has 0 bridgehead atoms. The summed E-state index contributed by atoms with van der Waals surface area (Å²) in [6.45, 7) is 13.8. The van der Waals surface area contributed by atoms with Gasteiger partial charge in [-0.15, -0.1) is 0 Å². The van der Waals surface area contributed by atoms with Crippen molar-refractivity contribution in [2.45, 2.75) is 86.5 Å². The van der Waals surface area contributed by atoms with Crippen LogP contribution in [0.4, 0.5) is 0 Å². The van der Waals surface area contributed by atoms with Crippen molar-refractivity contribution in [2.75, 3.05) is 0 Å². The molecule has 25 heavy (non-hydrogen) atoms. The Balaban J connectivity index is 2.53. The summed E-state index contributed by atoms with van der Waals surface area (Å²) in [5.41, 5.74) is 12.5. The van der Waals surface area contributed by atoms with Crippen LogP contribution in [-0.4, -0.2) is 0 Å². The van der Waals surface area contributed by atoms with Crippen LogP contribution in [0.25, 0.3) is 0 Å². The van der Waals surface area contributed by atoms with Gasteiger partial charge in [-0.3, -0.25) is 0 Å². The van der Waals surface area contributed by atoms with E-state index in [4.69, 9.17) is 0 Å². The third kappa shape index (κ3) is 4.00. The maximum atomic E-state index is 2.40. The molecular weight excluding hydrogens is 300 g/mol. The highest BCUT2D eigenvalue weighted by Crippen LogP contribution is 2.28. The second kappa shape index (κ2) is 9.22. The third-order valence-electron chi connectivity index (χ3n) is 5.81. The zero-order chi connectivity index (χ0) is 18.4. The number of aryl methyl sites for hydroxylation is 2. The highest BCUT2D eigenvalue weighted by molar-refractivity contribution is 5.47. The van der Waals surface area contributed by atoms with Crippen LogP contribution < -0.4 is 0 Å². The Hall–Kier alpha value is -1.56. The first-order valence-corrected chi connectivity index (χ1v) is 10.4. The number of hydrogen-bond acceptors (Lipinski definition) is 0. The molecule has 2 rings (SSSR count). The summed E-state index contributed by atoms with van der Waals surface area (Å²) in [7, 11) is 0. The molecule has 0 fully saturated rings. The van der Waals surface area contributed by atoms with Gasteiger partial charge in [-0.2, -0.15) is 0 Å². The Labute approximate surface area is 155 Å². The van der Waals surface area contributed by atoms with Gasteiger partial charge < -0.3 is 0 Å². The molecule has 0 heterocycles. The van der Waals surface area contributed by atoms with Gasteiger partial charge in [0.1, 0.15) is 0 Å². The van der Waals surface area contributed by atoms with Crippen molar-refractivity contribution in [3.8, 4) is 0 Å². The highest BCUT2D eigenvalue weighted by atomic mass is 14.2. The van der Waals surface area contributed by atoms with Gasteiger partial charge in [-0.1, -0.05) is 65.8 Å². The van der Waals surface area contributed by atoms with Gasteiger partial charge in [0, 0.05) is 0 Å². The minimum atomic E-state index is 1.08. The molecule has 0 aromatic heterocycles. The fourth-order valence-corrected chi connectivity index (χ4v) is 4.54. The lowest BCUT2D eigenvalue weighted by Crippen LogP contribution is -2.07. The van der Waals surface area contributed by atoms with Gasteiger partial charge in [0.05, 0.1) is 0 Å². The van der Waals surface area contributed by atoms with Crippen molar-refractivity contribution in [3.63, 3.8) is 0 Å². The number of rotatable bonds is 8. The fourth-order valence-electron chi connectivity index (χ4n) is 4.54. The normalized spacial score (nSPS) is 11.1. The van der Waals surface area contributed by atoms with E-state index in [0.717, 1.165) is 44.9 Å². The van der Waals surface area contributed by atoms with E-state index in [-0.39, 0.29) is 0 Å². The SMILES string of the molecule is CCc1ccc(Cc2ccc(CC)c(CC)c2CC)c(CC)c1CC. The molecule has 0 amide bonds. The van der Waals surface area contributed by atoms with E-state index in [0.29, 0.717) is 0 Å². The van der Waals surface area contributed by atoms with E-state index >= 15 is 0 Å². The summed E-state index contributed by atoms with van der Waals surface area (Å²) in [5, 5.41) is 0. The summed E-state index contributed by atoms with van der Waals surface area (Å²) in [5.74, 6) is 0. The average molecular weight is 337 g/mol. The molecule has 0 aliphatic heterocycles. The van der Waals surface area contributed by atoms with E-state index < -0.39 is 0 Å². The standard InChI is InChI=1S/C25H36/c1-7-18-13-15-20(24(11-5)22(18)9-3)17-21-16-14-19(8-2)23(10-4)25(21)12-6/h13-16H,7-12,17H2,1-6H3. The minimum absolute atomic E-state index is 1.08. The molecule has 0 aliphatic rings. The van der Waals surface area contributed by atoms with Gasteiger partial charge in [0.15, 0.2) is 0 Å². The van der Waals surface area contributed by atoms with E-state index in [9.17, 15) is 0 Å². The summed E-state index contributed by atoms with van der Waals surface area (Å²) >= 11 is 0. The van der Waals surface area contributed by atoms with Crippen LogP contribution >= 0.6 is 0 Å². The molecule has 0 spiro atoms. The molecule has 0 unspecified atom stereocenters. The molecule has 0 atom stereocenters. The topological polar surface area (TPSA) is 0 Å². The van der Waals surface area contributed by atoms with Crippen LogP contribution in [0.1, 0.15) is 86.1 Å². The van der Waals surface area contributed by atoms with Gasteiger partial charge >= 0.3 is 0 Å². The molecule has 0 nitrogen and oxygen atoms in total. The molecule has 136 valence electrons. The molecule has 0 saturated carbocycles. The Bertz CT molecular complexity index is 645. The first-order valence-electron chi connectivity index (χ1n) is 10.4. The molecule has 0 heteroatoms. The average Bonchev–Trinajstić information content (AvgIpc) is 2.66. The van der Waals surface area contributed by atoms with E-state index in [2.05, 4.69) is 65.8 Å². The van der Waals surface area contributed by atoms with Crippen molar-refractivity contribution in [2.24, 2.45) is 0 Å². The first-order chi connectivity index (χ1) is 12.1. The first kappa shape index (κ1) is 19.8. The predicted octanol–water partition coefficient (Wildman–Crippen LogP) is 6.65. The Kier molecular flexibility index (Phi) is 7.29. The van der Waals surface area contributed by atoms with E-state index in [1.165, 1.54) is 22.3 Å². The van der Waals surface area contributed by atoms with E-state index in [1.807, 2.05) is 0 Å². The highest BCUT2D eigenvalue weighted by Gasteiger charge is 2.14. The fraction of sp³-hybridized carbons (Fsp3) is 0.520. The zero-order valence-electron chi connectivity index (χ0n) is 17.3. The predicted molar refractivity (Wildman–Crippen MR) is 112 cm³/mol. The summed E-state index contributed by atoms with van der Waals surface area (Å²) in [6.07, 6.45) is 7.94. The van der Waals surface area contributed by atoms with Crippen LogP contribution in [0.5, 0.6) is 0 Å². The second-order valence-corrected chi connectivity index (χ2v) is 6.98. The smallest absolute Gasteiger partial charge is 0.00201 e. The van der Waals surface area contributed by atoms with Gasteiger partial charge in [-0.25, -0.2) is 0 Å². The summed E-state index contributed by atoms with van der Waals surface area (Å²) in [4.78, 5) is 0. The second-order valence-electron chi connectivity index (χ2n) is 6.98. The minimum Gasteiger partial charge on any atom is -0.0613 e. The molecule has 0 aliphatic carbocycles. The lowest BCUT2D eigenvalue weighted by atomic mass is 9.85. The Morgan fingerprint density at radius 2 is 0.680 bits per heavy atom. The van der Waals surface area contributed by atoms with Crippen LogP contribution in [0.3, 0.4) is 0 Å². The molecular formula is C25H36. The van der Waals surface area contributed by atoms with Gasteiger partial charge in [-0.05, 0) is 89.5 Å². The third-order valence-corrected chi connectivity index (χ3v) is 5.81. The maximum Gasteiger partial charge on any atom is -0.00201 e. The summed E-state index contributed by atoms with van der Waals surface area (Å²) in [6, 6.07) is 9.55. The van der Waals surface area contributed by atoms with Crippen LogP contribution in [-0.2, 0) is 44.9 Å². The van der Waals surface area contributed by atoms with Gasteiger partial charge in [0.2, 0.25) is 0 Å². The van der Waals surface area contributed by atoms with Gasteiger partial charge in [0.25, 0.3) is 0 Å². The molecule has 0 N–H and O–H groups in total.